The minimum Gasteiger partial charge on any atom is -0.478 e. The predicted octanol–water partition coefficient (Wildman–Crippen LogP) is 4.06. The molecule has 0 rings (SSSR count). The highest BCUT2D eigenvalue weighted by atomic mass is 16.4. The van der Waals surface area contributed by atoms with Gasteiger partial charge in [0.05, 0.1) is 17.7 Å². The summed E-state index contributed by atoms with van der Waals surface area (Å²) in [6.45, 7) is 5.86. The largest absolute Gasteiger partial charge is 0.478 e. The van der Waals surface area contributed by atoms with Crippen LogP contribution in [0.4, 0.5) is 0 Å². The normalized spacial score (nSPS) is 12.2. The first-order chi connectivity index (χ1) is 11.3. The van der Waals surface area contributed by atoms with E-state index in [0.29, 0.717) is 6.42 Å². The van der Waals surface area contributed by atoms with Gasteiger partial charge in [0.25, 0.3) is 0 Å². The van der Waals surface area contributed by atoms with Crippen molar-refractivity contribution in [3.8, 4) is 12.1 Å². The maximum Gasteiger partial charge on any atom is 0.332 e. The molecule has 0 saturated carbocycles. The summed E-state index contributed by atoms with van der Waals surface area (Å²) in [5.41, 5.74) is 0.422. The summed E-state index contributed by atoms with van der Waals surface area (Å²) in [6, 6.07) is 3.48. The first-order valence-electron chi connectivity index (χ1n) is 8.00. The Morgan fingerprint density at radius 1 is 1.00 bits per heavy atom. The lowest BCUT2D eigenvalue weighted by Gasteiger charge is -2.08. The Hall–Kier alpha value is -2.60. The van der Waals surface area contributed by atoms with E-state index >= 15 is 0 Å². The highest BCUT2D eigenvalue weighted by molar-refractivity contribution is 5.87. The number of aliphatic carboxylic acids is 2. The first kappa shape index (κ1) is 23.7. The summed E-state index contributed by atoms with van der Waals surface area (Å²) in [6.07, 6.45) is 7.36. The standard InChI is InChI=1S/2C9H13NO2/c1-3-4-7(2)8(5-6-10)9(11)12;1-2-3-4-5-8(6-7-10)9(11)12/h5,7H,3-4H2,1-2H3,(H,11,12);6H,2-5H2,1H3,(H,11,12). The number of carboxylic acids is 2. The molecule has 1 unspecified atom stereocenters. The quantitative estimate of drug-likeness (QED) is 0.372. The van der Waals surface area contributed by atoms with Gasteiger partial charge >= 0.3 is 11.9 Å². The van der Waals surface area contributed by atoms with Crippen molar-refractivity contribution in [1.29, 1.82) is 10.5 Å². The number of rotatable bonds is 9. The fourth-order valence-electron chi connectivity index (χ4n) is 1.96. The molecule has 0 aliphatic carbocycles. The molecule has 0 aliphatic heterocycles. The number of unbranched alkanes of at least 4 members (excludes halogenated alkanes) is 2. The molecule has 0 bridgehead atoms. The van der Waals surface area contributed by atoms with Crippen LogP contribution in [0.5, 0.6) is 0 Å². The van der Waals surface area contributed by atoms with Gasteiger partial charge in [-0.1, -0.05) is 40.0 Å². The van der Waals surface area contributed by atoms with Crippen LogP contribution in [0.1, 0.15) is 59.3 Å². The predicted molar refractivity (Wildman–Crippen MR) is 90.9 cm³/mol. The molecule has 0 heterocycles. The molecule has 1 atom stereocenters. The smallest absolute Gasteiger partial charge is 0.332 e. The van der Waals surface area contributed by atoms with E-state index in [9.17, 15) is 9.59 Å². The summed E-state index contributed by atoms with van der Waals surface area (Å²) in [7, 11) is 0. The van der Waals surface area contributed by atoms with Crippen LogP contribution in [0.15, 0.2) is 23.3 Å². The highest BCUT2D eigenvalue weighted by Gasteiger charge is 2.14. The van der Waals surface area contributed by atoms with Gasteiger partial charge in [0.15, 0.2) is 0 Å². The van der Waals surface area contributed by atoms with Crippen LogP contribution in [0.2, 0.25) is 0 Å². The van der Waals surface area contributed by atoms with E-state index in [4.69, 9.17) is 20.7 Å². The molecule has 0 aromatic heterocycles. The van der Waals surface area contributed by atoms with Crippen molar-refractivity contribution in [3.05, 3.63) is 23.3 Å². The highest BCUT2D eigenvalue weighted by Crippen LogP contribution is 2.16. The zero-order valence-electron chi connectivity index (χ0n) is 14.6. The van der Waals surface area contributed by atoms with Gasteiger partial charge in [-0.25, -0.2) is 9.59 Å². The summed E-state index contributed by atoms with van der Waals surface area (Å²) in [4.78, 5) is 21.1. The van der Waals surface area contributed by atoms with E-state index in [0.717, 1.165) is 44.3 Å². The maximum absolute atomic E-state index is 10.6. The fraction of sp³-hybridized carbons (Fsp3) is 0.556. The minimum atomic E-state index is -0.988. The van der Waals surface area contributed by atoms with Crippen LogP contribution in [0.25, 0.3) is 0 Å². The summed E-state index contributed by atoms with van der Waals surface area (Å²) >= 11 is 0. The minimum absolute atomic E-state index is 0.0350. The van der Waals surface area contributed by atoms with E-state index in [1.807, 2.05) is 13.8 Å². The van der Waals surface area contributed by atoms with Gasteiger partial charge in [0.1, 0.15) is 0 Å². The number of nitriles is 2. The lowest BCUT2D eigenvalue weighted by Crippen LogP contribution is -2.09. The topological polar surface area (TPSA) is 122 Å². The second kappa shape index (κ2) is 15.3. The van der Waals surface area contributed by atoms with Crippen LogP contribution >= 0.6 is 0 Å². The van der Waals surface area contributed by atoms with Crippen molar-refractivity contribution in [1.82, 2.24) is 0 Å². The van der Waals surface area contributed by atoms with Gasteiger partial charge in [-0.2, -0.15) is 10.5 Å². The fourth-order valence-corrected chi connectivity index (χ4v) is 1.96. The number of hydrogen-bond donors (Lipinski definition) is 2. The Balaban J connectivity index is 0. The van der Waals surface area contributed by atoms with Gasteiger partial charge in [-0.05, 0) is 25.2 Å². The zero-order valence-corrected chi connectivity index (χ0v) is 14.6. The molecule has 0 amide bonds. The average Bonchev–Trinajstić information content (AvgIpc) is 2.52. The number of hydrogen-bond acceptors (Lipinski definition) is 4. The second-order valence-corrected chi connectivity index (χ2v) is 5.28. The van der Waals surface area contributed by atoms with E-state index in [1.54, 1.807) is 12.1 Å². The van der Waals surface area contributed by atoms with Crippen molar-refractivity contribution in [2.24, 2.45) is 5.92 Å². The SMILES string of the molecule is CCCC(C)C(=CC#N)C(=O)O.CCCCCC(=CC#N)C(=O)O. The van der Waals surface area contributed by atoms with Crippen molar-refractivity contribution >= 4 is 11.9 Å². The molecule has 0 aliphatic rings. The zero-order chi connectivity index (χ0) is 19.0. The summed E-state index contributed by atoms with van der Waals surface area (Å²) in [5, 5.41) is 33.8. The van der Waals surface area contributed by atoms with Crippen LogP contribution in [-0.4, -0.2) is 22.2 Å². The third kappa shape index (κ3) is 12.0. The average molecular weight is 334 g/mol. The number of carbonyl (C=O) groups is 2. The molecule has 0 aromatic rings. The molecule has 0 saturated heterocycles. The molecule has 0 fully saturated rings. The molecule has 0 spiro atoms. The molecule has 0 radical (unpaired) electrons. The number of carboxylic acid groups (broad SMARTS) is 2. The van der Waals surface area contributed by atoms with Gasteiger partial charge < -0.3 is 10.2 Å². The van der Waals surface area contributed by atoms with Crippen LogP contribution < -0.4 is 0 Å². The third-order valence-electron chi connectivity index (χ3n) is 3.28. The van der Waals surface area contributed by atoms with Crippen molar-refractivity contribution in [2.45, 2.75) is 59.3 Å². The van der Waals surface area contributed by atoms with Crippen molar-refractivity contribution in [2.75, 3.05) is 0 Å². The third-order valence-corrected chi connectivity index (χ3v) is 3.28. The number of nitrogens with zero attached hydrogens (tertiary/aromatic N) is 2. The van der Waals surface area contributed by atoms with E-state index < -0.39 is 11.9 Å². The van der Waals surface area contributed by atoms with E-state index in [2.05, 4.69) is 6.92 Å². The molecule has 6 nitrogen and oxygen atoms in total. The monoisotopic (exact) mass is 334 g/mol. The van der Waals surface area contributed by atoms with Crippen LogP contribution in [0.3, 0.4) is 0 Å². The van der Waals surface area contributed by atoms with Crippen molar-refractivity contribution < 1.29 is 19.8 Å². The van der Waals surface area contributed by atoms with E-state index in [-0.39, 0.29) is 17.1 Å². The second-order valence-electron chi connectivity index (χ2n) is 5.28. The molecule has 24 heavy (non-hydrogen) atoms. The lowest BCUT2D eigenvalue weighted by atomic mass is 9.96. The van der Waals surface area contributed by atoms with Gasteiger partial charge in [-0.15, -0.1) is 0 Å². The Labute approximate surface area is 143 Å². The molecular formula is C18H26N2O4. The van der Waals surface area contributed by atoms with Crippen LogP contribution in [-0.2, 0) is 9.59 Å². The van der Waals surface area contributed by atoms with Gasteiger partial charge in [0.2, 0.25) is 0 Å². The molecule has 0 aromatic carbocycles. The first-order valence-corrected chi connectivity index (χ1v) is 8.00. The molecular weight excluding hydrogens is 308 g/mol. The Morgan fingerprint density at radius 2 is 1.58 bits per heavy atom. The molecule has 132 valence electrons. The molecule has 2 N–H and O–H groups in total. The van der Waals surface area contributed by atoms with Gasteiger partial charge in [-0.3, -0.25) is 0 Å². The number of allylic oxidation sites excluding steroid dienone is 2. The van der Waals surface area contributed by atoms with Crippen LogP contribution in [0, 0.1) is 28.6 Å². The van der Waals surface area contributed by atoms with Crippen molar-refractivity contribution in [3.63, 3.8) is 0 Å². The lowest BCUT2D eigenvalue weighted by molar-refractivity contribution is -0.134. The Morgan fingerprint density at radius 3 is 1.96 bits per heavy atom. The Bertz CT molecular complexity index is 536. The Kier molecular flexibility index (Phi) is 15.1. The van der Waals surface area contributed by atoms with E-state index in [1.165, 1.54) is 0 Å². The summed E-state index contributed by atoms with van der Waals surface area (Å²) in [5.74, 6) is -2.00. The molecule has 6 heteroatoms. The van der Waals surface area contributed by atoms with Gasteiger partial charge in [0, 0.05) is 17.7 Å². The summed E-state index contributed by atoms with van der Waals surface area (Å²) < 4.78 is 0. The maximum atomic E-state index is 10.6.